The SMILES string of the molecule is CC(C)(C)NCCCc1nnc(-c2cc(Br)ccc2I)o1. The van der Waals surface area contributed by atoms with Gasteiger partial charge in [0.25, 0.3) is 0 Å². The lowest BCUT2D eigenvalue weighted by molar-refractivity contribution is 0.412. The number of nitrogens with one attached hydrogen (secondary N) is 1. The van der Waals surface area contributed by atoms with Crippen molar-refractivity contribution in [1.29, 1.82) is 0 Å². The first kappa shape index (κ1) is 16.9. The maximum atomic E-state index is 5.76. The van der Waals surface area contributed by atoms with Crippen molar-refractivity contribution in [1.82, 2.24) is 15.5 Å². The number of hydrogen-bond acceptors (Lipinski definition) is 4. The number of benzene rings is 1. The molecule has 2 aromatic rings. The molecule has 1 aromatic heterocycles. The molecule has 0 atom stereocenters. The molecule has 2 rings (SSSR count). The first-order chi connectivity index (χ1) is 9.85. The maximum absolute atomic E-state index is 5.76. The molecule has 0 fully saturated rings. The van der Waals surface area contributed by atoms with Gasteiger partial charge in [0.15, 0.2) is 0 Å². The van der Waals surface area contributed by atoms with Crippen LogP contribution in [-0.4, -0.2) is 22.3 Å². The number of aromatic nitrogens is 2. The summed E-state index contributed by atoms with van der Waals surface area (Å²) in [5, 5.41) is 11.7. The molecule has 21 heavy (non-hydrogen) atoms. The predicted octanol–water partition coefficient (Wildman–Crippen LogP) is 4.42. The summed E-state index contributed by atoms with van der Waals surface area (Å²) in [6.07, 6.45) is 1.77. The van der Waals surface area contributed by atoms with E-state index in [2.05, 4.69) is 74.8 Å². The van der Waals surface area contributed by atoms with Gasteiger partial charge in [-0.1, -0.05) is 15.9 Å². The summed E-state index contributed by atoms with van der Waals surface area (Å²) < 4.78 is 7.87. The molecule has 0 amide bonds. The monoisotopic (exact) mass is 463 g/mol. The quantitative estimate of drug-likeness (QED) is 0.526. The van der Waals surface area contributed by atoms with E-state index in [9.17, 15) is 0 Å². The molecule has 1 N–H and O–H groups in total. The summed E-state index contributed by atoms with van der Waals surface area (Å²) in [6.45, 7) is 7.42. The highest BCUT2D eigenvalue weighted by molar-refractivity contribution is 14.1. The minimum atomic E-state index is 0.145. The second kappa shape index (κ2) is 7.19. The Labute approximate surface area is 147 Å². The van der Waals surface area contributed by atoms with E-state index in [1.54, 1.807) is 0 Å². The van der Waals surface area contributed by atoms with E-state index in [0.717, 1.165) is 33.0 Å². The molecule has 0 aliphatic carbocycles. The van der Waals surface area contributed by atoms with E-state index in [-0.39, 0.29) is 5.54 Å². The standard InChI is InChI=1S/C15H19BrIN3O/c1-15(2,3)18-8-4-5-13-19-20-14(21-13)11-9-10(16)6-7-12(11)17/h6-7,9,18H,4-5,8H2,1-3H3. The molecule has 4 nitrogen and oxygen atoms in total. The summed E-state index contributed by atoms with van der Waals surface area (Å²) in [7, 11) is 0. The van der Waals surface area contributed by atoms with Crippen molar-refractivity contribution in [3.8, 4) is 11.5 Å². The van der Waals surface area contributed by atoms with Gasteiger partial charge in [0.05, 0.1) is 5.56 Å². The third kappa shape index (κ3) is 5.34. The van der Waals surface area contributed by atoms with Crippen LogP contribution in [0.2, 0.25) is 0 Å². The van der Waals surface area contributed by atoms with Crippen molar-refractivity contribution < 1.29 is 4.42 Å². The number of rotatable bonds is 5. The molecule has 0 saturated heterocycles. The molecule has 0 spiro atoms. The number of aryl methyl sites for hydroxylation is 1. The van der Waals surface area contributed by atoms with Crippen LogP contribution in [0.25, 0.3) is 11.5 Å². The van der Waals surface area contributed by atoms with Gasteiger partial charge in [-0.25, -0.2) is 0 Å². The van der Waals surface area contributed by atoms with Crippen LogP contribution < -0.4 is 5.32 Å². The average molecular weight is 464 g/mol. The second-order valence-corrected chi connectivity index (χ2v) is 7.98. The summed E-state index contributed by atoms with van der Waals surface area (Å²) in [6, 6.07) is 6.03. The third-order valence-electron chi connectivity index (χ3n) is 2.85. The fraction of sp³-hybridized carbons (Fsp3) is 0.467. The highest BCUT2D eigenvalue weighted by Gasteiger charge is 2.13. The van der Waals surface area contributed by atoms with Gasteiger partial charge in [0.2, 0.25) is 11.8 Å². The number of hydrogen-bond donors (Lipinski definition) is 1. The van der Waals surface area contributed by atoms with Crippen molar-refractivity contribution >= 4 is 38.5 Å². The predicted molar refractivity (Wildman–Crippen MR) is 96.2 cm³/mol. The van der Waals surface area contributed by atoms with Crippen LogP contribution >= 0.6 is 38.5 Å². The topological polar surface area (TPSA) is 51.0 Å². The molecule has 0 saturated carbocycles. The van der Waals surface area contributed by atoms with E-state index < -0.39 is 0 Å². The molecule has 0 bridgehead atoms. The van der Waals surface area contributed by atoms with Gasteiger partial charge in [0, 0.05) is 20.0 Å². The van der Waals surface area contributed by atoms with Crippen molar-refractivity contribution in [2.24, 2.45) is 0 Å². The van der Waals surface area contributed by atoms with Crippen molar-refractivity contribution in [2.45, 2.75) is 39.2 Å². The Morgan fingerprint density at radius 3 is 2.76 bits per heavy atom. The summed E-state index contributed by atoms with van der Waals surface area (Å²) >= 11 is 5.74. The van der Waals surface area contributed by atoms with Crippen molar-refractivity contribution in [3.05, 3.63) is 32.1 Å². The van der Waals surface area contributed by atoms with Crippen LogP contribution in [-0.2, 0) is 6.42 Å². The summed E-state index contributed by atoms with van der Waals surface area (Å²) in [5.74, 6) is 1.27. The first-order valence-corrected chi connectivity index (χ1v) is 8.75. The van der Waals surface area contributed by atoms with Crippen LogP contribution in [0.3, 0.4) is 0 Å². The average Bonchev–Trinajstić information content (AvgIpc) is 2.85. The molecular weight excluding hydrogens is 445 g/mol. The Kier molecular flexibility index (Phi) is 5.79. The van der Waals surface area contributed by atoms with E-state index >= 15 is 0 Å². The highest BCUT2D eigenvalue weighted by atomic mass is 127. The molecule has 6 heteroatoms. The van der Waals surface area contributed by atoms with Gasteiger partial charge in [-0.15, -0.1) is 10.2 Å². The molecule has 0 aliphatic rings. The minimum absolute atomic E-state index is 0.145. The minimum Gasteiger partial charge on any atom is -0.421 e. The lowest BCUT2D eigenvalue weighted by Crippen LogP contribution is -2.36. The number of halogens is 2. The van der Waals surface area contributed by atoms with Gasteiger partial charge < -0.3 is 9.73 Å². The van der Waals surface area contributed by atoms with Gasteiger partial charge in [0.1, 0.15) is 0 Å². The normalized spacial score (nSPS) is 11.9. The van der Waals surface area contributed by atoms with Crippen molar-refractivity contribution in [3.63, 3.8) is 0 Å². The van der Waals surface area contributed by atoms with Crippen LogP contribution in [0.4, 0.5) is 0 Å². The Balaban J connectivity index is 1.97. The van der Waals surface area contributed by atoms with E-state index in [1.165, 1.54) is 0 Å². The number of nitrogens with zero attached hydrogens (tertiary/aromatic N) is 2. The highest BCUT2D eigenvalue weighted by Crippen LogP contribution is 2.27. The van der Waals surface area contributed by atoms with Crippen LogP contribution in [0, 0.1) is 3.57 Å². The molecule has 0 aliphatic heterocycles. The van der Waals surface area contributed by atoms with Crippen molar-refractivity contribution in [2.75, 3.05) is 6.54 Å². The van der Waals surface area contributed by atoms with Crippen LogP contribution in [0.1, 0.15) is 33.1 Å². The smallest absolute Gasteiger partial charge is 0.248 e. The van der Waals surface area contributed by atoms with E-state index in [4.69, 9.17) is 4.42 Å². The van der Waals surface area contributed by atoms with E-state index in [0.29, 0.717) is 11.8 Å². The fourth-order valence-corrected chi connectivity index (χ4v) is 2.76. The Bertz CT molecular complexity index is 607. The third-order valence-corrected chi connectivity index (χ3v) is 4.28. The molecule has 114 valence electrons. The fourth-order valence-electron chi connectivity index (χ4n) is 1.83. The first-order valence-electron chi connectivity index (χ1n) is 6.88. The molecular formula is C15H19BrIN3O. The Morgan fingerprint density at radius 2 is 2.05 bits per heavy atom. The van der Waals surface area contributed by atoms with Gasteiger partial charge in [-0.3, -0.25) is 0 Å². The molecule has 0 unspecified atom stereocenters. The summed E-state index contributed by atoms with van der Waals surface area (Å²) in [5.41, 5.74) is 1.11. The second-order valence-electron chi connectivity index (χ2n) is 5.91. The lowest BCUT2D eigenvalue weighted by Gasteiger charge is -2.19. The Hall–Kier alpha value is -0.470. The zero-order chi connectivity index (χ0) is 15.5. The van der Waals surface area contributed by atoms with Gasteiger partial charge in [-0.2, -0.15) is 0 Å². The molecule has 1 heterocycles. The molecule has 1 aromatic carbocycles. The van der Waals surface area contributed by atoms with Crippen LogP contribution in [0.5, 0.6) is 0 Å². The zero-order valence-corrected chi connectivity index (χ0v) is 16.2. The summed E-state index contributed by atoms with van der Waals surface area (Å²) in [4.78, 5) is 0. The largest absolute Gasteiger partial charge is 0.421 e. The van der Waals surface area contributed by atoms with Gasteiger partial charge >= 0.3 is 0 Å². The Morgan fingerprint density at radius 1 is 1.29 bits per heavy atom. The molecule has 0 radical (unpaired) electrons. The maximum Gasteiger partial charge on any atom is 0.248 e. The van der Waals surface area contributed by atoms with Gasteiger partial charge in [-0.05, 0) is 74.5 Å². The van der Waals surface area contributed by atoms with Crippen LogP contribution in [0.15, 0.2) is 27.1 Å². The van der Waals surface area contributed by atoms with E-state index in [1.807, 2.05) is 18.2 Å². The zero-order valence-electron chi connectivity index (χ0n) is 12.4. The lowest BCUT2D eigenvalue weighted by atomic mass is 10.1.